The van der Waals surface area contributed by atoms with Crippen LogP contribution in [0.4, 0.5) is 0 Å². The molecule has 94 valence electrons. The van der Waals surface area contributed by atoms with Crippen LogP contribution in [0.15, 0.2) is 18.3 Å². The van der Waals surface area contributed by atoms with Gasteiger partial charge in [0.2, 0.25) is 11.8 Å². The second kappa shape index (κ2) is 4.95. The first kappa shape index (κ1) is 12.2. The van der Waals surface area contributed by atoms with Gasteiger partial charge < -0.3 is 5.11 Å². The molecule has 2 heterocycles. The molecule has 0 radical (unpaired) electrons. The monoisotopic (exact) mass is 248 g/mol. The number of aliphatic carboxylic acids is 1. The average Bonchev–Trinajstić information content (AvgIpc) is 2.30. The van der Waals surface area contributed by atoms with Crippen molar-refractivity contribution in [2.75, 3.05) is 0 Å². The molecule has 1 aromatic heterocycles. The Morgan fingerprint density at radius 2 is 2.22 bits per heavy atom. The molecule has 0 spiro atoms. The van der Waals surface area contributed by atoms with Gasteiger partial charge in [-0.05, 0) is 18.1 Å². The molecule has 2 N–H and O–H groups in total. The third-order valence-corrected chi connectivity index (χ3v) is 2.80. The standard InChI is InChI=1S/C12H12N2O4/c15-10-4-2-8(12(18)14-10)9-3-1-7(6-13-9)5-11(16)17/h1,3,6,8H,2,4-5H2,(H,16,17)(H,14,15,18). The number of imide groups is 1. The Morgan fingerprint density at radius 3 is 2.78 bits per heavy atom. The number of carboxylic acid groups (broad SMARTS) is 1. The number of amides is 2. The normalized spacial score (nSPS) is 19.4. The number of carbonyl (C=O) groups excluding carboxylic acids is 2. The second-order valence-electron chi connectivity index (χ2n) is 4.17. The van der Waals surface area contributed by atoms with Gasteiger partial charge in [0.25, 0.3) is 0 Å². The van der Waals surface area contributed by atoms with Crippen LogP contribution in [-0.2, 0) is 20.8 Å². The molecule has 0 bridgehead atoms. The van der Waals surface area contributed by atoms with Gasteiger partial charge in [-0.1, -0.05) is 6.07 Å². The van der Waals surface area contributed by atoms with Crippen molar-refractivity contribution in [3.63, 3.8) is 0 Å². The van der Waals surface area contributed by atoms with Gasteiger partial charge in [0.1, 0.15) is 0 Å². The van der Waals surface area contributed by atoms with E-state index in [1.54, 1.807) is 12.1 Å². The minimum Gasteiger partial charge on any atom is -0.481 e. The lowest BCUT2D eigenvalue weighted by atomic mass is 9.94. The highest BCUT2D eigenvalue weighted by molar-refractivity contribution is 6.00. The molecule has 6 heteroatoms. The summed E-state index contributed by atoms with van der Waals surface area (Å²) in [6.45, 7) is 0. The van der Waals surface area contributed by atoms with Crippen LogP contribution in [0.2, 0.25) is 0 Å². The molecule has 0 aliphatic carbocycles. The van der Waals surface area contributed by atoms with E-state index in [0.29, 0.717) is 24.1 Å². The number of hydrogen-bond acceptors (Lipinski definition) is 4. The Bertz CT molecular complexity index is 495. The zero-order chi connectivity index (χ0) is 13.1. The number of carboxylic acids is 1. The Hall–Kier alpha value is -2.24. The van der Waals surface area contributed by atoms with Gasteiger partial charge in [0.15, 0.2) is 0 Å². The molecule has 18 heavy (non-hydrogen) atoms. The van der Waals surface area contributed by atoms with Gasteiger partial charge in [0, 0.05) is 12.6 Å². The maximum atomic E-state index is 11.6. The SMILES string of the molecule is O=C(O)Cc1ccc(C2CCC(=O)NC2=O)nc1. The van der Waals surface area contributed by atoms with Crippen LogP contribution >= 0.6 is 0 Å². The van der Waals surface area contributed by atoms with Gasteiger partial charge in [0.05, 0.1) is 18.0 Å². The summed E-state index contributed by atoms with van der Waals surface area (Å²) < 4.78 is 0. The fourth-order valence-electron chi connectivity index (χ4n) is 1.90. The van der Waals surface area contributed by atoms with Crippen LogP contribution in [-0.4, -0.2) is 27.9 Å². The third kappa shape index (κ3) is 2.71. The first-order chi connectivity index (χ1) is 8.56. The van der Waals surface area contributed by atoms with Gasteiger partial charge in [-0.15, -0.1) is 0 Å². The van der Waals surface area contributed by atoms with Crippen LogP contribution in [0.5, 0.6) is 0 Å². The quantitative estimate of drug-likeness (QED) is 0.746. The van der Waals surface area contributed by atoms with Crippen LogP contribution in [0.1, 0.15) is 30.0 Å². The summed E-state index contributed by atoms with van der Waals surface area (Å²) in [5, 5.41) is 10.9. The summed E-state index contributed by atoms with van der Waals surface area (Å²) in [6, 6.07) is 3.28. The van der Waals surface area contributed by atoms with E-state index in [0.717, 1.165) is 0 Å². The maximum absolute atomic E-state index is 11.6. The molecule has 2 rings (SSSR count). The zero-order valence-corrected chi connectivity index (χ0v) is 9.55. The van der Waals surface area contributed by atoms with Crippen molar-refractivity contribution in [2.24, 2.45) is 0 Å². The van der Waals surface area contributed by atoms with Crippen LogP contribution < -0.4 is 5.32 Å². The highest BCUT2D eigenvalue weighted by Crippen LogP contribution is 2.23. The maximum Gasteiger partial charge on any atom is 0.307 e. The predicted molar refractivity (Wildman–Crippen MR) is 60.7 cm³/mol. The Morgan fingerprint density at radius 1 is 1.44 bits per heavy atom. The van der Waals surface area contributed by atoms with Crippen molar-refractivity contribution in [1.82, 2.24) is 10.3 Å². The summed E-state index contributed by atoms with van der Waals surface area (Å²) in [6.07, 6.45) is 2.10. The van der Waals surface area contributed by atoms with Crippen molar-refractivity contribution in [3.8, 4) is 0 Å². The number of nitrogens with one attached hydrogen (secondary N) is 1. The van der Waals surface area contributed by atoms with E-state index in [4.69, 9.17) is 5.11 Å². The number of piperidine rings is 1. The number of rotatable bonds is 3. The number of hydrogen-bond donors (Lipinski definition) is 2. The topological polar surface area (TPSA) is 96.4 Å². The fourth-order valence-corrected chi connectivity index (χ4v) is 1.90. The Kier molecular flexibility index (Phi) is 3.36. The van der Waals surface area contributed by atoms with E-state index in [-0.39, 0.29) is 18.2 Å². The largest absolute Gasteiger partial charge is 0.481 e. The van der Waals surface area contributed by atoms with Gasteiger partial charge in [-0.3, -0.25) is 24.7 Å². The van der Waals surface area contributed by atoms with Gasteiger partial charge in [-0.25, -0.2) is 0 Å². The fraction of sp³-hybridized carbons (Fsp3) is 0.333. The van der Waals surface area contributed by atoms with E-state index in [9.17, 15) is 14.4 Å². The van der Waals surface area contributed by atoms with Crippen molar-refractivity contribution in [1.29, 1.82) is 0 Å². The number of aromatic nitrogens is 1. The van der Waals surface area contributed by atoms with E-state index in [1.807, 2.05) is 0 Å². The Balaban J connectivity index is 2.12. The molecular weight excluding hydrogens is 236 g/mol. The number of nitrogens with zero attached hydrogens (tertiary/aromatic N) is 1. The minimum atomic E-state index is -0.925. The van der Waals surface area contributed by atoms with Crippen LogP contribution in [0.3, 0.4) is 0 Å². The lowest BCUT2D eigenvalue weighted by Gasteiger charge is -2.20. The molecule has 1 saturated heterocycles. The van der Waals surface area contributed by atoms with Gasteiger partial charge in [-0.2, -0.15) is 0 Å². The molecule has 1 atom stereocenters. The van der Waals surface area contributed by atoms with Crippen molar-refractivity contribution in [2.45, 2.75) is 25.2 Å². The highest BCUT2D eigenvalue weighted by atomic mass is 16.4. The van der Waals surface area contributed by atoms with Crippen molar-refractivity contribution in [3.05, 3.63) is 29.6 Å². The molecule has 0 aromatic carbocycles. The molecule has 0 saturated carbocycles. The van der Waals surface area contributed by atoms with E-state index >= 15 is 0 Å². The molecule has 1 fully saturated rings. The first-order valence-electron chi connectivity index (χ1n) is 5.56. The van der Waals surface area contributed by atoms with Crippen molar-refractivity contribution >= 4 is 17.8 Å². The summed E-state index contributed by atoms with van der Waals surface area (Å²) >= 11 is 0. The molecule has 1 aliphatic rings. The lowest BCUT2D eigenvalue weighted by molar-refractivity contribution is -0.136. The summed E-state index contributed by atoms with van der Waals surface area (Å²) in [5.74, 6) is -1.96. The molecular formula is C12H12N2O4. The summed E-state index contributed by atoms with van der Waals surface area (Å²) in [5.41, 5.74) is 1.15. The second-order valence-corrected chi connectivity index (χ2v) is 4.17. The summed E-state index contributed by atoms with van der Waals surface area (Å²) in [7, 11) is 0. The van der Waals surface area contributed by atoms with E-state index < -0.39 is 11.9 Å². The van der Waals surface area contributed by atoms with Crippen LogP contribution in [0, 0.1) is 0 Å². The molecule has 2 amide bonds. The molecule has 1 aromatic rings. The average molecular weight is 248 g/mol. The van der Waals surface area contributed by atoms with E-state index in [2.05, 4.69) is 10.3 Å². The highest BCUT2D eigenvalue weighted by Gasteiger charge is 2.28. The van der Waals surface area contributed by atoms with E-state index in [1.165, 1.54) is 6.20 Å². The predicted octanol–water partition coefficient (Wildman–Crippen LogP) is 0.229. The van der Waals surface area contributed by atoms with Gasteiger partial charge >= 0.3 is 5.97 Å². The smallest absolute Gasteiger partial charge is 0.307 e. The molecule has 6 nitrogen and oxygen atoms in total. The lowest BCUT2D eigenvalue weighted by Crippen LogP contribution is -2.39. The number of pyridine rings is 1. The first-order valence-corrected chi connectivity index (χ1v) is 5.56. The van der Waals surface area contributed by atoms with Crippen LogP contribution in [0.25, 0.3) is 0 Å². The Labute approximate surface area is 103 Å². The van der Waals surface area contributed by atoms with Crippen molar-refractivity contribution < 1.29 is 19.5 Å². The molecule has 1 aliphatic heterocycles. The third-order valence-electron chi connectivity index (χ3n) is 2.80. The number of carbonyl (C=O) groups is 3. The zero-order valence-electron chi connectivity index (χ0n) is 9.55. The minimum absolute atomic E-state index is 0.0946. The summed E-state index contributed by atoms with van der Waals surface area (Å²) in [4.78, 5) is 37.2. The molecule has 1 unspecified atom stereocenters.